The maximum Gasteiger partial charge on any atom is 0.484 e. The van der Waals surface area contributed by atoms with Gasteiger partial charge >= 0.3 is 18.8 Å². The number of nitrogens with two attached hydrogens (primary N) is 1. The lowest BCUT2D eigenvalue weighted by Gasteiger charge is -2.39. The van der Waals surface area contributed by atoms with Crippen molar-refractivity contribution in [1.82, 2.24) is 4.90 Å². The molecule has 3 aromatic rings. The predicted octanol–water partition coefficient (Wildman–Crippen LogP) is 9.00. The lowest BCUT2D eigenvalue weighted by molar-refractivity contribution is 0.107. The molecule has 3 unspecified atom stereocenters. The van der Waals surface area contributed by atoms with Crippen LogP contribution in [0.3, 0.4) is 0 Å². The van der Waals surface area contributed by atoms with Gasteiger partial charge in [-0.2, -0.15) is 0 Å². The molecule has 4 N–H and O–H groups in total. The third kappa shape index (κ3) is 18.8. The van der Waals surface area contributed by atoms with Gasteiger partial charge in [0.1, 0.15) is 11.5 Å². The van der Waals surface area contributed by atoms with Crippen LogP contribution in [-0.2, 0) is 22.1 Å². The number of rotatable bonds is 25. The monoisotopic (exact) mass is 826 g/mol. The van der Waals surface area contributed by atoms with Crippen molar-refractivity contribution < 1.29 is 32.3 Å². The number of aromatic hydroxyl groups is 2. The van der Waals surface area contributed by atoms with E-state index >= 15 is 0 Å². The molecule has 0 saturated carbocycles. The predicted molar refractivity (Wildman–Crippen MR) is 229 cm³/mol. The van der Waals surface area contributed by atoms with Crippen molar-refractivity contribution in [2.45, 2.75) is 91.3 Å². The van der Waals surface area contributed by atoms with Crippen LogP contribution in [0.15, 0.2) is 78.9 Å². The van der Waals surface area contributed by atoms with Crippen LogP contribution in [0.25, 0.3) is 0 Å². The van der Waals surface area contributed by atoms with Gasteiger partial charge in [0.25, 0.3) is 0 Å². The molecule has 0 spiro atoms. The first-order valence-corrected chi connectivity index (χ1v) is 23.7. The van der Waals surface area contributed by atoms with Gasteiger partial charge in [0.05, 0.1) is 0 Å². The van der Waals surface area contributed by atoms with Crippen LogP contribution < -0.4 is 5.73 Å². The number of phenolic OH excluding ortho intramolecular Hbond substituents is 2. The van der Waals surface area contributed by atoms with Crippen molar-refractivity contribution in [3.8, 4) is 11.5 Å². The summed E-state index contributed by atoms with van der Waals surface area (Å²) in [5, 5.41) is 20.8. The number of hydrogen-bond donors (Lipinski definition) is 3. The van der Waals surface area contributed by atoms with Gasteiger partial charge in [0, 0.05) is 73.5 Å². The van der Waals surface area contributed by atoms with Gasteiger partial charge in [0.2, 0.25) is 0 Å². The van der Waals surface area contributed by atoms with Crippen LogP contribution in [0.1, 0.15) is 108 Å². The number of halogens is 2. The Kier molecular flexibility index (Phi) is 29.7. The van der Waals surface area contributed by atoms with E-state index in [1.54, 1.807) is 12.1 Å². The number of para-hydroxylation sites is 2. The number of alkyl halides is 2. The van der Waals surface area contributed by atoms with Crippen LogP contribution in [-0.4, -0.2) is 91.8 Å². The highest BCUT2D eigenvalue weighted by molar-refractivity contribution is 6.46. The van der Waals surface area contributed by atoms with Crippen LogP contribution in [0, 0.1) is 0 Å². The summed E-state index contributed by atoms with van der Waals surface area (Å²) in [6, 6.07) is 25.2. The Balaban J connectivity index is 0.000000451. The third-order valence-electron chi connectivity index (χ3n) is 8.48. The maximum absolute atomic E-state index is 10.4. The summed E-state index contributed by atoms with van der Waals surface area (Å²) in [4.78, 5) is 2.31. The highest BCUT2D eigenvalue weighted by atomic mass is 35.5. The zero-order chi connectivity index (χ0) is 40.0. The molecular formula is C41H68Cl2N2O7Si2. The quantitative estimate of drug-likeness (QED) is 0.0569. The fourth-order valence-corrected chi connectivity index (χ4v) is 9.97. The molecule has 3 rings (SSSR count). The summed E-state index contributed by atoms with van der Waals surface area (Å²) < 4.78 is 27.4. The Morgan fingerprint density at radius 2 is 1.04 bits per heavy atom. The molecule has 0 fully saturated rings. The van der Waals surface area contributed by atoms with Crippen molar-refractivity contribution in [1.29, 1.82) is 0 Å². The molecule has 3 atom stereocenters. The molecule has 54 heavy (non-hydrogen) atoms. The molecule has 13 heteroatoms. The summed E-state index contributed by atoms with van der Waals surface area (Å²) in [6.07, 6.45) is 4.41. The van der Waals surface area contributed by atoms with E-state index in [0.29, 0.717) is 50.0 Å². The van der Waals surface area contributed by atoms with Crippen LogP contribution in [0.2, 0.25) is 0 Å². The van der Waals surface area contributed by atoms with Gasteiger partial charge in [-0.1, -0.05) is 73.7 Å². The van der Waals surface area contributed by atoms with Crippen LogP contribution >= 0.6 is 23.2 Å². The third-order valence-corrected chi connectivity index (χ3v) is 13.4. The van der Waals surface area contributed by atoms with Gasteiger partial charge in [-0.25, -0.2) is 0 Å². The second-order valence-electron chi connectivity index (χ2n) is 12.2. The zero-order valence-electron chi connectivity index (χ0n) is 33.5. The first-order chi connectivity index (χ1) is 26.3. The Hall–Kier alpha value is -2.01. The largest absolute Gasteiger partial charge is 0.508 e. The Labute approximate surface area is 339 Å². The minimum atomic E-state index is -1.73. The van der Waals surface area contributed by atoms with E-state index in [2.05, 4.69) is 36.1 Å². The normalized spacial score (nSPS) is 12.9. The lowest BCUT2D eigenvalue weighted by Crippen LogP contribution is -2.34. The van der Waals surface area contributed by atoms with E-state index in [9.17, 15) is 10.2 Å². The Bertz CT molecular complexity index is 1250. The zero-order valence-corrected chi connectivity index (χ0v) is 37.3. The summed E-state index contributed by atoms with van der Waals surface area (Å²) >= 11 is 12.2. The van der Waals surface area contributed by atoms with E-state index in [1.165, 1.54) is 5.56 Å². The minimum Gasteiger partial charge on any atom is -0.508 e. The molecule has 0 heterocycles. The van der Waals surface area contributed by atoms with Crippen LogP contribution in [0.5, 0.6) is 11.5 Å². The molecule has 0 radical (unpaired) electrons. The molecule has 0 saturated heterocycles. The average Bonchev–Trinajstić information content (AvgIpc) is 3.18. The van der Waals surface area contributed by atoms with Crippen molar-refractivity contribution in [3.63, 3.8) is 0 Å². The molecule has 9 nitrogen and oxygen atoms in total. The summed E-state index contributed by atoms with van der Waals surface area (Å²) in [5.41, 5.74) is 9.07. The van der Waals surface area contributed by atoms with Gasteiger partial charge in [-0.3, -0.25) is 4.90 Å². The van der Waals surface area contributed by atoms with E-state index in [-0.39, 0.29) is 23.6 Å². The van der Waals surface area contributed by atoms with Crippen molar-refractivity contribution in [2.24, 2.45) is 5.73 Å². The number of phenols is 2. The van der Waals surface area contributed by atoms with Gasteiger partial charge < -0.3 is 38.1 Å². The maximum atomic E-state index is 10.4. The number of hydrogen-bond acceptors (Lipinski definition) is 9. The highest BCUT2D eigenvalue weighted by Crippen LogP contribution is 2.40. The standard InChI is InChI=1S/C21H27Cl2NO2.C14H25NO2Si.C6H16O3Si/c1-2-15-24(18(11-13-22)16-7-3-5-9-20(16)25)19(12-14-23)17-8-4-6-10-21(17)26;1-3-16-18(17-4-2)14(11-8-12-15)13-9-6-5-7-10-13;1-4-7-10(8-5-2)9-6-3/h3-10,18-19,25-26H,2,11-15H2,1H3;5-7,9-10,14,18H,3-4,8,11-12,15H2,1-2H3;10H,4-6H2,1-3H3. The molecule has 306 valence electrons. The smallest absolute Gasteiger partial charge is 0.484 e. The van der Waals surface area contributed by atoms with Gasteiger partial charge in [0.15, 0.2) is 0 Å². The van der Waals surface area contributed by atoms with Crippen molar-refractivity contribution in [2.75, 3.05) is 57.9 Å². The van der Waals surface area contributed by atoms with Gasteiger partial charge in [-0.05, 0) is 97.5 Å². The second-order valence-corrected chi connectivity index (χ2v) is 16.8. The lowest BCUT2D eigenvalue weighted by atomic mass is 9.94. The summed E-state index contributed by atoms with van der Waals surface area (Å²) in [7, 11) is -3.40. The Morgan fingerprint density at radius 3 is 1.41 bits per heavy atom. The molecule has 0 bridgehead atoms. The van der Waals surface area contributed by atoms with Crippen LogP contribution in [0.4, 0.5) is 0 Å². The van der Waals surface area contributed by atoms with E-state index in [1.807, 2.05) is 77.1 Å². The minimum absolute atomic E-state index is 0.0542. The fourth-order valence-electron chi connectivity index (χ4n) is 6.19. The average molecular weight is 828 g/mol. The van der Waals surface area contributed by atoms with Crippen molar-refractivity contribution in [3.05, 3.63) is 95.6 Å². The summed E-state index contributed by atoms with van der Waals surface area (Å²) in [6.45, 7) is 17.0. The van der Waals surface area contributed by atoms with E-state index < -0.39 is 18.8 Å². The topological polar surface area (TPSA) is 116 Å². The van der Waals surface area contributed by atoms with Crippen molar-refractivity contribution >= 4 is 42.0 Å². The number of benzene rings is 3. The SMILES string of the molecule is CCCN(C(CCCl)c1ccccc1O)C(CCCl)c1ccccc1O.CCO[SiH](OCC)C(CCCN)c1ccccc1.CCO[SiH](OCC)OCC. The Morgan fingerprint density at radius 1 is 0.611 bits per heavy atom. The second kappa shape index (κ2) is 32.1. The molecule has 0 aromatic heterocycles. The van der Waals surface area contributed by atoms with Gasteiger partial charge in [-0.15, -0.1) is 23.2 Å². The number of nitrogens with zero attached hydrogens (tertiary/aromatic N) is 1. The first-order valence-electron chi connectivity index (χ1n) is 19.6. The molecule has 3 aromatic carbocycles. The fraction of sp³-hybridized carbons (Fsp3) is 0.561. The molecule has 0 aliphatic rings. The van der Waals surface area contributed by atoms with E-state index in [0.717, 1.165) is 56.7 Å². The van der Waals surface area contributed by atoms with E-state index in [4.69, 9.17) is 51.1 Å². The highest BCUT2D eigenvalue weighted by Gasteiger charge is 2.30. The molecule has 0 aliphatic heterocycles. The molecular weight excluding hydrogens is 760 g/mol. The molecule has 0 aliphatic carbocycles. The summed E-state index contributed by atoms with van der Waals surface area (Å²) in [5.74, 6) is 1.50. The molecule has 0 amide bonds. The first kappa shape index (κ1) is 50.0.